The van der Waals surface area contributed by atoms with Gasteiger partial charge >= 0.3 is 0 Å². The van der Waals surface area contributed by atoms with E-state index in [0.717, 1.165) is 27.9 Å². The Kier molecular flexibility index (Phi) is 3.76. The minimum absolute atomic E-state index is 0.0445. The summed E-state index contributed by atoms with van der Waals surface area (Å²) in [7, 11) is 0. The Bertz CT molecular complexity index is 3610. The first-order valence-corrected chi connectivity index (χ1v) is 15.4. The fourth-order valence-electron chi connectivity index (χ4n) is 6.26. The van der Waals surface area contributed by atoms with Gasteiger partial charge < -0.3 is 8.98 Å². The first-order chi connectivity index (χ1) is 31.4. The summed E-state index contributed by atoms with van der Waals surface area (Å²) < 4.78 is 147. The third-order valence-corrected chi connectivity index (χ3v) is 8.41. The molecule has 0 bridgehead atoms. The highest BCUT2D eigenvalue weighted by molar-refractivity contribution is 6.12. The molecule has 5 heteroatoms. The van der Waals surface area contributed by atoms with Crippen molar-refractivity contribution in [3.8, 4) is 51.0 Å². The summed E-state index contributed by atoms with van der Waals surface area (Å²) in [6, 6.07) is 11.7. The first-order valence-electron chi connectivity index (χ1n) is 23.4. The molecule has 0 spiro atoms. The number of benzene rings is 7. The zero-order valence-corrected chi connectivity index (χ0v) is 25.6. The van der Waals surface area contributed by atoms with Gasteiger partial charge in [0.2, 0.25) is 0 Å². The second kappa shape index (κ2) is 11.4. The highest BCUT2D eigenvalue weighted by atomic mass is 16.3. The topological polar surface area (TPSA) is 56.7 Å². The van der Waals surface area contributed by atoms with Gasteiger partial charge in [-0.2, -0.15) is 0 Å². The number of nitrogens with zero attached hydrogens (tertiary/aromatic N) is 4. The van der Waals surface area contributed by atoms with Crippen molar-refractivity contribution >= 4 is 43.7 Å². The van der Waals surface area contributed by atoms with Gasteiger partial charge in [-0.05, 0) is 36.4 Å². The SMILES string of the molecule is [2H]c1cc([2H])c2oc3c(-c4cc(-c5nc(-c6c([2H])c([2H])c([2H])c([2H])c6[2H])nc(-c6c([2H])c([2H])c([2H])c([2H])c6[2H])n5)ccc4-n4c5ccccc5c5ccccc54)c([2H])c([2H])c([2H])c3c2c1[2H]. The Labute approximate surface area is 310 Å². The molecule has 0 radical (unpaired) electrons. The van der Waals surface area contributed by atoms with Crippen molar-refractivity contribution in [2.24, 2.45) is 0 Å². The maximum atomic E-state index is 9.47. The van der Waals surface area contributed by atoms with Crippen LogP contribution >= 0.6 is 0 Å². The quantitative estimate of drug-likeness (QED) is 0.185. The molecule has 0 saturated carbocycles. The summed E-state index contributed by atoms with van der Waals surface area (Å²) in [6.45, 7) is 0. The molecule has 10 aromatic rings. The fraction of sp³-hybridized carbons (Fsp3) is 0. The van der Waals surface area contributed by atoms with Gasteiger partial charge in [0.25, 0.3) is 0 Å². The van der Waals surface area contributed by atoms with Crippen LogP contribution in [-0.2, 0) is 0 Å². The summed E-state index contributed by atoms with van der Waals surface area (Å²) in [5.74, 6) is -1.24. The second-order valence-electron chi connectivity index (χ2n) is 11.2. The molecule has 3 aromatic heterocycles. The third kappa shape index (κ3) is 4.52. The number of fused-ring (bicyclic) bond motifs is 6. The summed E-state index contributed by atoms with van der Waals surface area (Å²) >= 11 is 0. The standard InChI is InChI=1S/C45H28N4O/c1-3-14-29(15-4-1)43-46-44(30-16-5-2-6-17-30)48-45(47-43)31-26-27-40(49-38-23-10-7-18-32(38)33-19-8-11-24-39(33)49)37(28-31)36-22-13-21-35-34-20-9-12-25-41(34)50-42(35)36/h1-28H/i1D,2D,3D,4D,5D,6D,9D,13D,14D,15D,16D,17D,20D,21D,22D,25D. The van der Waals surface area contributed by atoms with Crippen LogP contribution < -0.4 is 0 Å². The third-order valence-electron chi connectivity index (χ3n) is 8.41. The predicted molar refractivity (Wildman–Crippen MR) is 203 cm³/mol. The molecular formula is C45H28N4O. The van der Waals surface area contributed by atoms with Gasteiger partial charge in [-0.3, -0.25) is 0 Å². The fourth-order valence-corrected chi connectivity index (χ4v) is 6.26. The van der Waals surface area contributed by atoms with E-state index in [1.807, 2.05) is 53.1 Å². The van der Waals surface area contributed by atoms with E-state index in [4.69, 9.17) is 25.0 Å². The van der Waals surface area contributed by atoms with Crippen LogP contribution in [0.3, 0.4) is 0 Å². The lowest BCUT2D eigenvalue weighted by Gasteiger charge is -2.16. The smallest absolute Gasteiger partial charge is 0.164 e. The van der Waals surface area contributed by atoms with Crippen molar-refractivity contribution in [2.75, 3.05) is 0 Å². The van der Waals surface area contributed by atoms with Crippen molar-refractivity contribution < 1.29 is 26.3 Å². The number of aromatic nitrogens is 4. The molecule has 0 N–H and O–H groups in total. The molecule has 50 heavy (non-hydrogen) atoms. The average molecular weight is 657 g/mol. The lowest BCUT2D eigenvalue weighted by Crippen LogP contribution is -2.02. The van der Waals surface area contributed by atoms with Crippen LogP contribution in [0.5, 0.6) is 0 Å². The molecule has 0 fully saturated rings. The summed E-state index contributed by atoms with van der Waals surface area (Å²) in [5.41, 5.74) is 0.932. The summed E-state index contributed by atoms with van der Waals surface area (Å²) in [5, 5.41) is 1.62. The highest BCUT2D eigenvalue weighted by Crippen LogP contribution is 2.42. The van der Waals surface area contributed by atoms with E-state index in [1.165, 1.54) is 6.07 Å². The zero-order valence-electron chi connectivity index (χ0n) is 41.6. The van der Waals surface area contributed by atoms with Gasteiger partial charge in [0.1, 0.15) is 11.2 Å². The first kappa shape index (κ1) is 16.5. The number of hydrogen-bond donors (Lipinski definition) is 0. The Balaban J connectivity index is 1.37. The molecule has 0 aliphatic rings. The predicted octanol–water partition coefficient (Wildman–Crippen LogP) is 11.5. The molecule has 0 amide bonds. The molecule has 0 aliphatic carbocycles. The van der Waals surface area contributed by atoms with E-state index < -0.39 is 101 Å². The van der Waals surface area contributed by atoms with E-state index in [-0.39, 0.29) is 62.6 Å². The molecule has 234 valence electrons. The van der Waals surface area contributed by atoms with Crippen molar-refractivity contribution in [1.82, 2.24) is 19.5 Å². The molecule has 5 nitrogen and oxygen atoms in total. The van der Waals surface area contributed by atoms with Crippen LogP contribution in [0, 0.1) is 0 Å². The number of para-hydroxylation sites is 4. The Morgan fingerprint density at radius 1 is 0.460 bits per heavy atom. The van der Waals surface area contributed by atoms with Crippen molar-refractivity contribution in [2.45, 2.75) is 0 Å². The minimum atomic E-state index is -0.707. The molecule has 0 saturated heterocycles. The van der Waals surface area contributed by atoms with Gasteiger partial charge in [0.15, 0.2) is 17.5 Å². The Morgan fingerprint density at radius 2 is 1.06 bits per heavy atom. The summed E-state index contributed by atoms with van der Waals surface area (Å²) in [6.07, 6.45) is 0. The van der Waals surface area contributed by atoms with Gasteiger partial charge in [-0.15, -0.1) is 0 Å². The van der Waals surface area contributed by atoms with Gasteiger partial charge in [-0.1, -0.05) is 133 Å². The molecule has 0 atom stereocenters. The van der Waals surface area contributed by atoms with Crippen LogP contribution in [-0.4, -0.2) is 19.5 Å². The zero-order chi connectivity index (χ0) is 46.9. The molecule has 0 unspecified atom stereocenters. The van der Waals surface area contributed by atoms with Crippen molar-refractivity contribution in [1.29, 1.82) is 0 Å². The van der Waals surface area contributed by atoms with Crippen LogP contribution in [0.25, 0.3) is 94.7 Å². The van der Waals surface area contributed by atoms with E-state index in [0.29, 0.717) is 5.69 Å². The van der Waals surface area contributed by atoms with E-state index in [2.05, 4.69) is 15.0 Å². The van der Waals surface area contributed by atoms with E-state index in [9.17, 15) is 1.37 Å². The van der Waals surface area contributed by atoms with Crippen molar-refractivity contribution in [3.63, 3.8) is 0 Å². The molecule has 7 aromatic carbocycles. The van der Waals surface area contributed by atoms with Crippen LogP contribution in [0.4, 0.5) is 0 Å². The van der Waals surface area contributed by atoms with Gasteiger partial charge in [0, 0.05) is 49.4 Å². The normalized spacial score (nSPS) is 16.1. The van der Waals surface area contributed by atoms with Gasteiger partial charge in [0.05, 0.1) is 38.7 Å². The van der Waals surface area contributed by atoms with Crippen molar-refractivity contribution in [3.05, 3.63) is 169 Å². The Morgan fingerprint density at radius 3 is 1.72 bits per heavy atom. The van der Waals surface area contributed by atoms with Crippen LogP contribution in [0.1, 0.15) is 21.9 Å². The highest BCUT2D eigenvalue weighted by Gasteiger charge is 2.21. The number of rotatable bonds is 5. The Hall–Kier alpha value is -6.85. The van der Waals surface area contributed by atoms with E-state index in [1.54, 1.807) is 12.1 Å². The summed E-state index contributed by atoms with van der Waals surface area (Å²) in [4.78, 5) is 13.6. The lowest BCUT2D eigenvalue weighted by atomic mass is 9.98. The van der Waals surface area contributed by atoms with Crippen LogP contribution in [0.15, 0.2) is 174 Å². The molecule has 3 heterocycles. The maximum Gasteiger partial charge on any atom is 0.164 e. The second-order valence-corrected chi connectivity index (χ2v) is 11.2. The molecular weight excluding hydrogens is 613 g/mol. The minimum Gasteiger partial charge on any atom is -0.455 e. The monoisotopic (exact) mass is 656 g/mol. The van der Waals surface area contributed by atoms with Crippen LogP contribution in [0.2, 0.25) is 0 Å². The average Bonchev–Trinajstić information content (AvgIpc) is 3.88. The molecule has 10 rings (SSSR count). The maximum absolute atomic E-state index is 9.47. The largest absolute Gasteiger partial charge is 0.455 e. The molecule has 0 aliphatic heterocycles. The van der Waals surface area contributed by atoms with E-state index >= 15 is 0 Å². The van der Waals surface area contributed by atoms with Gasteiger partial charge in [-0.25, -0.2) is 15.0 Å². The number of furan rings is 1. The number of hydrogen-bond acceptors (Lipinski definition) is 4. The lowest BCUT2D eigenvalue weighted by molar-refractivity contribution is 0.670.